The SMILES string of the molecule is CC(N)C(=O)N1CCN(c2ccc(Cl)cc2)CC1. The molecule has 1 aromatic rings. The summed E-state index contributed by atoms with van der Waals surface area (Å²) in [5, 5.41) is 0.740. The summed E-state index contributed by atoms with van der Waals surface area (Å²) in [4.78, 5) is 15.8. The van der Waals surface area contributed by atoms with E-state index in [0.717, 1.165) is 36.9 Å². The fourth-order valence-corrected chi connectivity index (χ4v) is 2.25. The summed E-state index contributed by atoms with van der Waals surface area (Å²) in [6.45, 7) is 4.85. The van der Waals surface area contributed by atoms with Crippen molar-refractivity contribution in [1.29, 1.82) is 0 Å². The van der Waals surface area contributed by atoms with E-state index in [4.69, 9.17) is 17.3 Å². The van der Waals surface area contributed by atoms with Gasteiger partial charge in [0.25, 0.3) is 0 Å². The van der Waals surface area contributed by atoms with E-state index in [1.807, 2.05) is 29.2 Å². The molecule has 1 heterocycles. The molecule has 1 saturated heterocycles. The molecule has 1 fully saturated rings. The summed E-state index contributed by atoms with van der Waals surface area (Å²) < 4.78 is 0. The average molecular weight is 268 g/mol. The number of hydrogen-bond donors (Lipinski definition) is 1. The molecule has 0 spiro atoms. The van der Waals surface area contributed by atoms with E-state index in [1.165, 1.54) is 0 Å². The lowest BCUT2D eigenvalue weighted by molar-refractivity contribution is -0.132. The Hall–Kier alpha value is -1.26. The number of benzene rings is 1. The lowest BCUT2D eigenvalue weighted by Crippen LogP contribution is -2.52. The molecule has 0 aliphatic carbocycles. The van der Waals surface area contributed by atoms with Crippen molar-refractivity contribution in [2.24, 2.45) is 5.73 Å². The number of nitrogens with zero attached hydrogens (tertiary/aromatic N) is 2. The Bertz CT molecular complexity index is 411. The van der Waals surface area contributed by atoms with Gasteiger partial charge in [-0.25, -0.2) is 0 Å². The highest BCUT2D eigenvalue weighted by Crippen LogP contribution is 2.19. The van der Waals surface area contributed by atoms with Crippen molar-refractivity contribution in [3.63, 3.8) is 0 Å². The van der Waals surface area contributed by atoms with Crippen molar-refractivity contribution < 1.29 is 4.79 Å². The maximum absolute atomic E-state index is 11.8. The normalized spacial score (nSPS) is 17.7. The summed E-state index contributed by atoms with van der Waals surface area (Å²) in [6.07, 6.45) is 0. The third-order valence-electron chi connectivity index (χ3n) is 3.17. The minimum Gasteiger partial charge on any atom is -0.368 e. The Morgan fingerprint density at radius 2 is 1.78 bits per heavy atom. The van der Waals surface area contributed by atoms with Crippen LogP contribution in [-0.2, 0) is 4.79 Å². The van der Waals surface area contributed by atoms with Crippen molar-refractivity contribution >= 4 is 23.2 Å². The van der Waals surface area contributed by atoms with Gasteiger partial charge in [-0.05, 0) is 31.2 Å². The van der Waals surface area contributed by atoms with Crippen LogP contribution in [0.1, 0.15) is 6.92 Å². The Morgan fingerprint density at radius 1 is 1.22 bits per heavy atom. The van der Waals surface area contributed by atoms with Gasteiger partial charge < -0.3 is 15.5 Å². The summed E-state index contributed by atoms with van der Waals surface area (Å²) in [7, 11) is 0. The van der Waals surface area contributed by atoms with E-state index < -0.39 is 6.04 Å². The molecule has 0 radical (unpaired) electrons. The molecule has 0 aromatic heterocycles. The number of hydrogen-bond acceptors (Lipinski definition) is 3. The summed E-state index contributed by atoms with van der Waals surface area (Å²) in [5.41, 5.74) is 6.76. The van der Waals surface area contributed by atoms with Gasteiger partial charge in [0.2, 0.25) is 5.91 Å². The second kappa shape index (κ2) is 5.59. The number of nitrogens with two attached hydrogens (primary N) is 1. The van der Waals surface area contributed by atoms with Crippen LogP contribution in [0.4, 0.5) is 5.69 Å². The second-order valence-corrected chi connectivity index (χ2v) is 5.01. The molecule has 0 saturated carbocycles. The second-order valence-electron chi connectivity index (χ2n) is 4.58. The molecule has 18 heavy (non-hydrogen) atoms. The van der Waals surface area contributed by atoms with Gasteiger partial charge in [-0.15, -0.1) is 0 Å². The highest BCUT2D eigenvalue weighted by molar-refractivity contribution is 6.30. The maximum Gasteiger partial charge on any atom is 0.239 e. The first-order valence-corrected chi connectivity index (χ1v) is 6.50. The van der Waals surface area contributed by atoms with Crippen molar-refractivity contribution in [3.8, 4) is 0 Å². The molecule has 1 unspecified atom stereocenters. The van der Waals surface area contributed by atoms with Gasteiger partial charge in [-0.1, -0.05) is 11.6 Å². The first-order valence-electron chi connectivity index (χ1n) is 6.13. The lowest BCUT2D eigenvalue weighted by Gasteiger charge is -2.36. The molecule has 98 valence electrons. The first kappa shape index (κ1) is 13.2. The van der Waals surface area contributed by atoms with Crippen LogP contribution in [0.2, 0.25) is 5.02 Å². The lowest BCUT2D eigenvalue weighted by atomic mass is 10.2. The van der Waals surface area contributed by atoms with Crippen LogP contribution in [0.15, 0.2) is 24.3 Å². The van der Waals surface area contributed by atoms with Gasteiger partial charge >= 0.3 is 0 Å². The standard InChI is InChI=1S/C13H18ClN3O/c1-10(15)13(18)17-8-6-16(7-9-17)12-4-2-11(14)3-5-12/h2-5,10H,6-9,15H2,1H3. The van der Waals surface area contributed by atoms with Gasteiger partial charge in [0, 0.05) is 36.9 Å². The maximum atomic E-state index is 11.8. The predicted molar refractivity (Wildman–Crippen MR) is 73.9 cm³/mol. The van der Waals surface area contributed by atoms with Gasteiger partial charge in [-0.2, -0.15) is 0 Å². The van der Waals surface area contributed by atoms with Crippen molar-refractivity contribution in [2.45, 2.75) is 13.0 Å². The fourth-order valence-electron chi connectivity index (χ4n) is 2.12. The van der Waals surface area contributed by atoms with Gasteiger partial charge in [0.05, 0.1) is 6.04 Å². The van der Waals surface area contributed by atoms with Crippen LogP contribution < -0.4 is 10.6 Å². The molecule has 1 aliphatic rings. The van der Waals surface area contributed by atoms with E-state index in [0.29, 0.717) is 0 Å². The summed E-state index contributed by atoms with van der Waals surface area (Å²) in [6, 6.07) is 7.37. The number of anilines is 1. The van der Waals surface area contributed by atoms with Gasteiger partial charge in [-0.3, -0.25) is 4.79 Å². The number of carbonyl (C=O) groups excluding carboxylic acids is 1. The average Bonchev–Trinajstić information content (AvgIpc) is 2.39. The topological polar surface area (TPSA) is 49.6 Å². The largest absolute Gasteiger partial charge is 0.368 e. The van der Waals surface area contributed by atoms with Crippen LogP contribution in [0.25, 0.3) is 0 Å². The Labute approximate surface area is 112 Å². The number of piperazine rings is 1. The van der Waals surface area contributed by atoms with Crippen LogP contribution >= 0.6 is 11.6 Å². The predicted octanol–water partition coefficient (Wildman–Crippen LogP) is 1.34. The zero-order valence-electron chi connectivity index (χ0n) is 10.5. The zero-order valence-corrected chi connectivity index (χ0v) is 11.2. The van der Waals surface area contributed by atoms with Crippen molar-refractivity contribution in [2.75, 3.05) is 31.1 Å². The van der Waals surface area contributed by atoms with Gasteiger partial charge in [0.15, 0.2) is 0 Å². The molecule has 2 N–H and O–H groups in total. The molecule has 1 aliphatic heterocycles. The molecule has 0 bridgehead atoms. The van der Waals surface area contributed by atoms with E-state index in [1.54, 1.807) is 6.92 Å². The summed E-state index contributed by atoms with van der Waals surface area (Å²) in [5.74, 6) is 0.0331. The third kappa shape index (κ3) is 2.94. The van der Waals surface area contributed by atoms with Crippen molar-refractivity contribution in [1.82, 2.24) is 4.90 Å². The molecule has 1 aromatic carbocycles. The van der Waals surface area contributed by atoms with Crippen LogP contribution in [-0.4, -0.2) is 43.0 Å². The Balaban J connectivity index is 1.94. The number of carbonyl (C=O) groups is 1. The molecule has 2 rings (SSSR count). The smallest absolute Gasteiger partial charge is 0.239 e. The highest BCUT2D eigenvalue weighted by Gasteiger charge is 2.22. The van der Waals surface area contributed by atoms with Crippen LogP contribution in [0, 0.1) is 0 Å². The molecule has 1 atom stereocenters. The van der Waals surface area contributed by atoms with E-state index in [2.05, 4.69) is 4.90 Å². The highest BCUT2D eigenvalue weighted by atomic mass is 35.5. The molecule has 1 amide bonds. The van der Waals surface area contributed by atoms with Crippen LogP contribution in [0.5, 0.6) is 0 Å². The minimum atomic E-state index is -0.410. The quantitative estimate of drug-likeness (QED) is 0.880. The monoisotopic (exact) mass is 267 g/mol. The fraction of sp³-hybridized carbons (Fsp3) is 0.462. The number of rotatable bonds is 2. The third-order valence-corrected chi connectivity index (χ3v) is 3.42. The molecular formula is C13H18ClN3O. The molecular weight excluding hydrogens is 250 g/mol. The Morgan fingerprint density at radius 3 is 2.28 bits per heavy atom. The van der Waals surface area contributed by atoms with Crippen molar-refractivity contribution in [3.05, 3.63) is 29.3 Å². The summed E-state index contributed by atoms with van der Waals surface area (Å²) >= 11 is 5.86. The minimum absolute atomic E-state index is 0.0331. The van der Waals surface area contributed by atoms with Crippen LogP contribution in [0.3, 0.4) is 0 Å². The zero-order chi connectivity index (χ0) is 13.1. The number of amides is 1. The van der Waals surface area contributed by atoms with Gasteiger partial charge in [0.1, 0.15) is 0 Å². The Kier molecular flexibility index (Phi) is 4.09. The van der Waals surface area contributed by atoms with E-state index in [9.17, 15) is 4.79 Å². The number of halogens is 1. The van der Waals surface area contributed by atoms with E-state index >= 15 is 0 Å². The van der Waals surface area contributed by atoms with E-state index in [-0.39, 0.29) is 5.91 Å². The molecule has 4 nitrogen and oxygen atoms in total. The first-order chi connectivity index (χ1) is 8.58. The molecule has 5 heteroatoms.